The van der Waals surface area contributed by atoms with Gasteiger partial charge in [-0.05, 0) is 0 Å². The molecule has 0 amide bonds. The molecule has 0 aromatic rings. The van der Waals surface area contributed by atoms with Crippen LogP contribution in [-0.2, 0) is 4.79 Å². The summed E-state index contributed by atoms with van der Waals surface area (Å²) < 4.78 is 34.3. The van der Waals surface area contributed by atoms with Gasteiger partial charge in [-0.25, -0.2) is 4.79 Å². The molecular weight excluding hydrogens is 149 g/mol. The van der Waals surface area contributed by atoms with Crippen molar-refractivity contribution in [3.8, 4) is 0 Å². The zero-order valence-electron chi connectivity index (χ0n) is 4.90. The van der Waals surface area contributed by atoms with Gasteiger partial charge in [-0.3, -0.25) is 4.39 Å². The lowest BCUT2D eigenvalue weighted by molar-refractivity contribution is -0.133. The molecule has 0 bridgehead atoms. The van der Waals surface area contributed by atoms with Gasteiger partial charge in [-0.15, -0.1) is 0 Å². The molecule has 0 unspecified atom stereocenters. The molecule has 0 aliphatic heterocycles. The number of halogens is 3. The second-order valence-corrected chi connectivity index (χ2v) is 1.48. The highest BCUT2D eigenvalue weighted by molar-refractivity contribution is 5.86. The van der Waals surface area contributed by atoms with E-state index in [2.05, 4.69) is 0 Å². The molecule has 0 aromatic carbocycles. The van der Waals surface area contributed by atoms with Crippen LogP contribution in [0.2, 0.25) is 0 Å². The van der Waals surface area contributed by atoms with Crippen molar-refractivity contribution in [1.82, 2.24) is 0 Å². The summed E-state index contributed by atoms with van der Waals surface area (Å²) in [7, 11) is 0. The van der Waals surface area contributed by atoms with Crippen molar-refractivity contribution in [2.24, 2.45) is 0 Å². The summed E-state index contributed by atoms with van der Waals surface area (Å²) in [5, 5.41) is 7.97. The Morgan fingerprint density at radius 1 is 1.40 bits per heavy atom. The maximum atomic E-state index is 11.5. The van der Waals surface area contributed by atoms with E-state index in [0.717, 1.165) is 0 Å². The summed E-state index contributed by atoms with van der Waals surface area (Å²) in [6.45, 7) is -1.08. The number of carboxylic acids is 1. The first-order valence-electron chi connectivity index (χ1n) is 2.43. The molecule has 0 aliphatic carbocycles. The van der Waals surface area contributed by atoms with Crippen LogP contribution in [0, 0.1) is 0 Å². The highest BCUT2D eigenvalue weighted by atomic mass is 19.3. The van der Waals surface area contributed by atoms with Gasteiger partial charge >= 0.3 is 5.97 Å². The molecule has 0 heterocycles. The van der Waals surface area contributed by atoms with Gasteiger partial charge in [0.2, 0.25) is 0 Å². The lowest BCUT2D eigenvalue weighted by atomic mass is 10.2. The Labute approximate surface area is 55.0 Å². The topological polar surface area (TPSA) is 37.3 Å². The van der Waals surface area contributed by atoms with Gasteiger partial charge in [0, 0.05) is 6.42 Å². The summed E-state index contributed by atoms with van der Waals surface area (Å²) in [6.07, 6.45) is -3.07. The van der Waals surface area contributed by atoms with E-state index in [1.165, 1.54) is 0 Å². The van der Waals surface area contributed by atoms with Crippen LogP contribution >= 0.6 is 0 Å². The first kappa shape index (κ1) is 9.00. The minimum Gasteiger partial charge on any atom is -0.478 e. The van der Waals surface area contributed by atoms with E-state index in [4.69, 9.17) is 5.11 Å². The number of alkyl halides is 1. The Kier molecular flexibility index (Phi) is 3.53. The minimum absolute atomic E-state index is 0.738. The van der Waals surface area contributed by atoms with Crippen LogP contribution in [0.5, 0.6) is 0 Å². The number of hydrogen-bond donors (Lipinski definition) is 1. The largest absolute Gasteiger partial charge is 0.478 e. The van der Waals surface area contributed by atoms with Gasteiger partial charge in [0.05, 0.1) is 6.67 Å². The molecule has 5 heteroatoms. The minimum atomic E-state index is -2.33. The fraction of sp³-hybridized carbons (Fsp3) is 0.400. The molecule has 0 rings (SSSR count). The predicted octanol–water partition coefficient (Wildman–Crippen LogP) is 1.58. The second kappa shape index (κ2) is 3.92. The van der Waals surface area contributed by atoms with Gasteiger partial charge in [0.1, 0.15) is 5.57 Å². The van der Waals surface area contributed by atoms with Crippen molar-refractivity contribution in [1.29, 1.82) is 0 Å². The number of carboxylic acid groups (broad SMARTS) is 1. The molecule has 0 aromatic heterocycles. The molecule has 0 radical (unpaired) electrons. The van der Waals surface area contributed by atoms with Crippen LogP contribution in [0.4, 0.5) is 13.2 Å². The van der Waals surface area contributed by atoms with Crippen molar-refractivity contribution in [2.75, 3.05) is 6.67 Å². The second-order valence-electron chi connectivity index (χ2n) is 1.48. The molecule has 0 spiro atoms. The lowest BCUT2D eigenvalue weighted by Crippen LogP contribution is -2.02. The van der Waals surface area contributed by atoms with E-state index >= 15 is 0 Å². The maximum absolute atomic E-state index is 11.5. The van der Waals surface area contributed by atoms with Crippen LogP contribution in [0.3, 0.4) is 0 Å². The van der Waals surface area contributed by atoms with Crippen molar-refractivity contribution >= 4 is 5.97 Å². The van der Waals surface area contributed by atoms with Gasteiger partial charge in [-0.2, -0.15) is 8.78 Å². The number of rotatable bonds is 3. The summed E-state index contributed by atoms with van der Waals surface area (Å²) >= 11 is 0. The Morgan fingerprint density at radius 3 is 2.00 bits per heavy atom. The average Bonchev–Trinajstić information content (AvgIpc) is 1.81. The molecule has 10 heavy (non-hydrogen) atoms. The van der Waals surface area contributed by atoms with Crippen molar-refractivity contribution < 1.29 is 23.1 Å². The molecule has 0 fully saturated rings. The Morgan fingerprint density at radius 2 is 1.90 bits per heavy atom. The molecule has 2 nitrogen and oxygen atoms in total. The molecule has 0 atom stereocenters. The molecule has 0 saturated heterocycles. The van der Waals surface area contributed by atoms with Crippen LogP contribution in [-0.4, -0.2) is 17.8 Å². The molecule has 0 saturated carbocycles. The van der Waals surface area contributed by atoms with E-state index in [-0.39, 0.29) is 0 Å². The third-order valence-electron chi connectivity index (χ3n) is 0.831. The van der Waals surface area contributed by atoms with Crippen molar-refractivity contribution in [2.45, 2.75) is 6.42 Å². The highest BCUT2D eigenvalue weighted by Crippen LogP contribution is 2.11. The highest BCUT2D eigenvalue weighted by Gasteiger charge is 2.13. The SMILES string of the molecule is O=C(O)C(CCF)=C(F)F. The normalized spacial score (nSPS) is 9.10. The number of carbonyl (C=O) groups is 1. The smallest absolute Gasteiger partial charge is 0.337 e. The van der Waals surface area contributed by atoms with Crippen LogP contribution in [0.15, 0.2) is 11.7 Å². The predicted molar refractivity (Wildman–Crippen MR) is 27.5 cm³/mol. The standard InChI is InChI=1S/C5H5F3O2/c6-2-1-3(4(7)8)5(9)10/h1-2H2,(H,9,10). The average molecular weight is 154 g/mol. The maximum Gasteiger partial charge on any atom is 0.337 e. The monoisotopic (exact) mass is 154 g/mol. The van der Waals surface area contributed by atoms with Gasteiger partial charge in [-0.1, -0.05) is 0 Å². The van der Waals surface area contributed by atoms with Crippen LogP contribution in [0.1, 0.15) is 6.42 Å². The van der Waals surface area contributed by atoms with Crippen LogP contribution in [0.25, 0.3) is 0 Å². The van der Waals surface area contributed by atoms with E-state index in [1.807, 2.05) is 0 Å². The Bertz CT molecular complexity index is 160. The molecule has 0 aliphatic rings. The third kappa shape index (κ3) is 2.52. The van der Waals surface area contributed by atoms with E-state index in [0.29, 0.717) is 0 Å². The molecular formula is C5H5F3O2. The first-order chi connectivity index (χ1) is 4.59. The summed E-state index contributed by atoms with van der Waals surface area (Å²) in [5.41, 5.74) is -1.15. The first-order valence-corrected chi connectivity index (χ1v) is 2.43. The molecule has 58 valence electrons. The van der Waals surface area contributed by atoms with E-state index in [9.17, 15) is 18.0 Å². The quantitative estimate of drug-likeness (QED) is 0.626. The van der Waals surface area contributed by atoms with Crippen molar-refractivity contribution in [3.05, 3.63) is 11.7 Å². The zero-order chi connectivity index (χ0) is 8.15. The third-order valence-corrected chi connectivity index (χ3v) is 0.831. The number of aliphatic carboxylic acids is 1. The zero-order valence-corrected chi connectivity index (χ0v) is 4.90. The number of hydrogen-bond acceptors (Lipinski definition) is 1. The van der Waals surface area contributed by atoms with Crippen LogP contribution < -0.4 is 0 Å². The van der Waals surface area contributed by atoms with E-state index in [1.54, 1.807) is 0 Å². The fourth-order valence-corrected chi connectivity index (χ4v) is 0.377. The molecule has 1 N–H and O–H groups in total. The summed E-state index contributed by atoms with van der Waals surface area (Å²) in [6, 6.07) is 0. The summed E-state index contributed by atoms with van der Waals surface area (Å²) in [4.78, 5) is 9.83. The van der Waals surface area contributed by atoms with Gasteiger partial charge < -0.3 is 5.11 Å². The Hall–Kier alpha value is -1.00. The lowest BCUT2D eigenvalue weighted by Gasteiger charge is -1.93. The van der Waals surface area contributed by atoms with Crippen molar-refractivity contribution in [3.63, 3.8) is 0 Å². The Balaban J connectivity index is 4.28. The van der Waals surface area contributed by atoms with E-state index < -0.39 is 30.7 Å². The fourth-order valence-electron chi connectivity index (χ4n) is 0.377. The van der Waals surface area contributed by atoms with Gasteiger partial charge in [0.25, 0.3) is 6.08 Å². The summed E-state index contributed by atoms with van der Waals surface area (Å²) in [5.74, 6) is -1.77. The van der Waals surface area contributed by atoms with Gasteiger partial charge in [0.15, 0.2) is 0 Å².